The van der Waals surface area contributed by atoms with Gasteiger partial charge in [0.25, 0.3) is 11.8 Å². The van der Waals surface area contributed by atoms with E-state index in [9.17, 15) is 9.59 Å². The van der Waals surface area contributed by atoms with E-state index in [0.29, 0.717) is 47.7 Å². The molecule has 9 nitrogen and oxygen atoms in total. The fourth-order valence-electron chi connectivity index (χ4n) is 2.61. The van der Waals surface area contributed by atoms with Gasteiger partial charge >= 0.3 is 0 Å². The van der Waals surface area contributed by atoms with Crippen LogP contribution in [0.25, 0.3) is 4.96 Å². The van der Waals surface area contributed by atoms with Crippen molar-refractivity contribution in [2.75, 3.05) is 26.2 Å². The van der Waals surface area contributed by atoms with Crippen molar-refractivity contribution < 1.29 is 14.0 Å². The van der Waals surface area contributed by atoms with Crippen molar-refractivity contribution in [2.45, 2.75) is 6.92 Å². The van der Waals surface area contributed by atoms with E-state index in [2.05, 4.69) is 15.3 Å². The Hall–Kier alpha value is -2.75. The van der Waals surface area contributed by atoms with E-state index in [1.54, 1.807) is 33.4 Å². The maximum atomic E-state index is 12.6. The first-order valence-corrected chi connectivity index (χ1v) is 8.26. The summed E-state index contributed by atoms with van der Waals surface area (Å²) in [6.07, 6.45) is 1.47. The molecule has 0 aromatic carbocycles. The van der Waals surface area contributed by atoms with Gasteiger partial charge in [-0.05, 0) is 19.1 Å². The standard InChI is InChI=1S/C14H14N6O3S/c1-9-15-16-14-20(9)17-11(24-14)13(22)19-6-4-18(5-7-19)12(21)10-3-2-8-23-10/h2-3,8H,4-7H2,1H3. The summed E-state index contributed by atoms with van der Waals surface area (Å²) in [5.41, 5.74) is 0. The number of carbonyl (C=O) groups is 2. The first-order valence-electron chi connectivity index (χ1n) is 7.44. The summed E-state index contributed by atoms with van der Waals surface area (Å²) in [7, 11) is 0. The maximum Gasteiger partial charge on any atom is 0.289 e. The van der Waals surface area contributed by atoms with Crippen molar-refractivity contribution in [2.24, 2.45) is 0 Å². The summed E-state index contributed by atoms with van der Waals surface area (Å²) in [6, 6.07) is 3.32. The minimum Gasteiger partial charge on any atom is -0.459 e. The quantitative estimate of drug-likeness (QED) is 0.677. The van der Waals surface area contributed by atoms with E-state index in [4.69, 9.17) is 4.42 Å². The Morgan fingerprint density at radius 2 is 1.83 bits per heavy atom. The third-order valence-electron chi connectivity index (χ3n) is 3.92. The monoisotopic (exact) mass is 346 g/mol. The molecule has 0 N–H and O–H groups in total. The van der Waals surface area contributed by atoms with Crippen LogP contribution in [0.4, 0.5) is 0 Å². The van der Waals surface area contributed by atoms with Crippen LogP contribution in [0.15, 0.2) is 22.8 Å². The van der Waals surface area contributed by atoms with Crippen LogP contribution in [0, 0.1) is 6.92 Å². The van der Waals surface area contributed by atoms with E-state index in [1.807, 2.05) is 0 Å². The maximum absolute atomic E-state index is 12.6. The average Bonchev–Trinajstić information content (AvgIpc) is 3.33. The van der Waals surface area contributed by atoms with Gasteiger partial charge in [0, 0.05) is 26.2 Å². The van der Waals surface area contributed by atoms with Gasteiger partial charge in [-0.3, -0.25) is 9.59 Å². The van der Waals surface area contributed by atoms with Crippen LogP contribution in [-0.4, -0.2) is 67.6 Å². The second kappa shape index (κ2) is 5.71. The van der Waals surface area contributed by atoms with Gasteiger partial charge in [-0.25, -0.2) is 0 Å². The Morgan fingerprint density at radius 3 is 2.46 bits per heavy atom. The lowest BCUT2D eigenvalue weighted by atomic mass is 10.3. The van der Waals surface area contributed by atoms with Gasteiger partial charge in [0.2, 0.25) is 9.97 Å². The smallest absolute Gasteiger partial charge is 0.289 e. The molecular formula is C14H14N6O3S. The van der Waals surface area contributed by atoms with Crippen LogP contribution in [0.1, 0.15) is 26.2 Å². The van der Waals surface area contributed by atoms with Gasteiger partial charge in [-0.1, -0.05) is 11.3 Å². The lowest BCUT2D eigenvalue weighted by Crippen LogP contribution is -2.50. The van der Waals surface area contributed by atoms with Crippen molar-refractivity contribution in [3.8, 4) is 0 Å². The highest BCUT2D eigenvalue weighted by molar-refractivity contribution is 7.18. The number of aryl methyl sites for hydroxylation is 1. The first-order chi connectivity index (χ1) is 11.6. The van der Waals surface area contributed by atoms with Gasteiger partial charge < -0.3 is 14.2 Å². The summed E-state index contributed by atoms with van der Waals surface area (Å²) in [6.45, 7) is 3.64. The molecule has 2 amide bonds. The predicted octanol–water partition coefficient (Wildman–Crippen LogP) is 0.685. The molecular weight excluding hydrogens is 332 g/mol. The Morgan fingerprint density at radius 1 is 1.12 bits per heavy atom. The summed E-state index contributed by atoms with van der Waals surface area (Å²) >= 11 is 1.22. The fraction of sp³-hybridized carbons (Fsp3) is 0.357. The number of hydrogen-bond donors (Lipinski definition) is 0. The number of furan rings is 1. The zero-order valence-corrected chi connectivity index (χ0v) is 13.7. The van der Waals surface area contributed by atoms with Crippen molar-refractivity contribution in [3.63, 3.8) is 0 Å². The molecule has 0 saturated carbocycles. The van der Waals surface area contributed by atoms with Crippen molar-refractivity contribution in [1.82, 2.24) is 29.6 Å². The van der Waals surface area contributed by atoms with Gasteiger partial charge in [-0.2, -0.15) is 4.52 Å². The highest BCUT2D eigenvalue weighted by Gasteiger charge is 2.28. The minimum absolute atomic E-state index is 0.144. The van der Waals surface area contributed by atoms with E-state index >= 15 is 0 Å². The third kappa shape index (κ3) is 2.44. The molecule has 1 fully saturated rings. The zero-order valence-electron chi connectivity index (χ0n) is 12.9. The van der Waals surface area contributed by atoms with Crippen LogP contribution < -0.4 is 0 Å². The van der Waals surface area contributed by atoms with Crippen LogP contribution in [0.5, 0.6) is 0 Å². The Balaban J connectivity index is 1.43. The molecule has 0 atom stereocenters. The number of carbonyl (C=O) groups excluding carboxylic acids is 2. The number of hydrogen-bond acceptors (Lipinski definition) is 7. The van der Waals surface area contributed by atoms with Crippen LogP contribution in [0.2, 0.25) is 0 Å². The lowest BCUT2D eigenvalue weighted by molar-refractivity contribution is 0.0517. The fourth-order valence-corrected chi connectivity index (χ4v) is 3.46. The third-order valence-corrected chi connectivity index (χ3v) is 4.80. The van der Waals surface area contributed by atoms with Gasteiger partial charge in [0.15, 0.2) is 11.6 Å². The van der Waals surface area contributed by atoms with E-state index < -0.39 is 0 Å². The number of fused-ring (bicyclic) bond motifs is 1. The SMILES string of the molecule is Cc1nnc2sc(C(=O)N3CCN(C(=O)c4ccco4)CC3)nn12. The molecule has 0 spiro atoms. The molecule has 4 rings (SSSR count). The molecule has 3 aromatic heterocycles. The molecule has 3 aromatic rings. The molecule has 1 saturated heterocycles. The van der Waals surface area contributed by atoms with Crippen molar-refractivity contribution >= 4 is 28.1 Å². The topological polar surface area (TPSA) is 96.8 Å². The van der Waals surface area contributed by atoms with Gasteiger partial charge in [-0.15, -0.1) is 15.3 Å². The van der Waals surface area contributed by atoms with Crippen LogP contribution in [-0.2, 0) is 0 Å². The van der Waals surface area contributed by atoms with Crippen LogP contribution in [0.3, 0.4) is 0 Å². The predicted molar refractivity (Wildman–Crippen MR) is 83.9 cm³/mol. The molecule has 0 unspecified atom stereocenters. The van der Waals surface area contributed by atoms with Crippen molar-refractivity contribution in [3.05, 3.63) is 35.0 Å². The van der Waals surface area contributed by atoms with Gasteiger partial charge in [0.05, 0.1) is 6.26 Å². The van der Waals surface area contributed by atoms with Crippen LogP contribution >= 0.6 is 11.3 Å². The Bertz CT molecular complexity index is 891. The number of nitrogens with zero attached hydrogens (tertiary/aromatic N) is 6. The molecule has 0 aliphatic carbocycles. The minimum atomic E-state index is -0.151. The molecule has 1 aliphatic heterocycles. The molecule has 4 heterocycles. The molecule has 0 bridgehead atoms. The number of piperazine rings is 1. The summed E-state index contributed by atoms with van der Waals surface area (Å²) in [5.74, 6) is 0.671. The molecule has 1 aliphatic rings. The number of amides is 2. The molecule has 24 heavy (non-hydrogen) atoms. The normalized spacial score (nSPS) is 15.2. The lowest BCUT2D eigenvalue weighted by Gasteiger charge is -2.33. The highest BCUT2D eigenvalue weighted by Crippen LogP contribution is 2.17. The molecule has 10 heteroatoms. The Labute approximate surface area is 140 Å². The summed E-state index contributed by atoms with van der Waals surface area (Å²) in [4.78, 5) is 28.8. The number of aromatic nitrogens is 4. The second-order valence-electron chi connectivity index (χ2n) is 5.41. The number of rotatable bonds is 2. The average molecular weight is 346 g/mol. The molecule has 0 radical (unpaired) electrons. The Kier molecular flexibility index (Phi) is 3.53. The largest absolute Gasteiger partial charge is 0.459 e. The zero-order chi connectivity index (χ0) is 16.7. The summed E-state index contributed by atoms with van der Waals surface area (Å²) < 4.78 is 6.70. The first kappa shape index (κ1) is 14.8. The summed E-state index contributed by atoms with van der Waals surface area (Å²) in [5, 5.41) is 12.5. The van der Waals surface area contributed by atoms with Crippen molar-refractivity contribution in [1.29, 1.82) is 0 Å². The van der Waals surface area contributed by atoms with E-state index in [0.717, 1.165) is 0 Å². The van der Waals surface area contributed by atoms with E-state index in [1.165, 1.54) is 17.6 Å². The van der Waals surface area contributed by atoms with Gasteiger partial charge in [0.1, 0.15) is 0 Å². The van der Waals surface area contributed by atoms with E-state index in [-0.39, 0.29) is 11.8 Å². The highest BCUT2D eigenvalue weighted by atomic mass is 32.1. The second-order valence-corrected chi connectivity index (χ2v) is 6.37. The molecule has 124 valence electrons.